The lowest BCUT2D eigenvalue weighted by molar-refractivity contribution is 0.348. The van der Waals surface area contributed by atoms with Gasteiger partial charge in [-0.3, -0.25) is 0 Å². The second-order valence-corrected chi connectivity index (χ2v) is 2.72. The standard InChI is InChI=1S/C7H16ClN.CH3I/c1-3-4-6-9(2)7-5-8;1-2/h3-7H2,1-2H3;1H3. The molecule has 0 fully saturated rings. The highest BCUT2D eigenvalue weighted by atomic mass is 127. The number of rotatable bonds is 5. The Balaban J connectivity index is 0. The summed E-state index contributed by atoms with van der Waals surface area (Å²) >= 11 is 7.68. The maximum atomic E-state index is 5.53. The second kappa shape index (κ2) is 13.6. The molecular formula is C8H19ClIN. The van der Waals surface area contributed by atoms with E-state index in [0.717, 1.165) is 12.4 Å². The van der Waals surface area contributed by atoms with Crippen molar-refractivity contribution >= 4 is 34.2 Å². The molecule has 0 unspecified atom stereocenters. The van der Waals surface area contributed by atoms with Gasteiger partial charge in [0.2, 0.25) is 0 Å². The summed E-state index contributed by atoms with van der Waals surface area (Å²) in [5.41, 5.74) is 0. The van der Waals surface area contributed by atoms with Crippen LogP contribution in [0.3, 0.4) is 0 Å². The Morgan fingerprint density at radius 1 is 1.27 bits per heavy atom. The minimum atomic E-state index is 0.750. The van der Waals surface area contributed by atoms with E-state index in [1.807, 2.05) is 4.93 Å². The third kappa shape index (κ3) is 13.9. The molecule has 0 bridgehead atoms. The molecule has 70 valence electrons. The molecule has 0 radical (unpaired) electrons. The lowest BCUT2D eigenvalue weighted by atomic mass is 10.3. The van der Waals surface area contributed by atoms with Gasteiger partial charge in [-0.1, -0.05) is 35.9 Å². The summed E-state index contributed by atoms with van der Waals surface area (Å²) in [5, 5.41) is 0. The molecule has 0 aromatic rings. The van der Waals surface area contributed by atoms with E-state index in [0.29, 0.717) is 0 Å². The van der Waals surface area contributed by atoms with Crippen molar-refractivity contribution in [2.45, 2.75) is 19.8 Å². The van der Waals surface area contributed by atoms with Crippen LogP contribution in [0.1, 0.15) is 19.8 Å². The molecule has 0 atom stereocenters. The van der Waals surface area contributed by atoms with Gasteiger partial charge in [0.05, 0.1) is 0 Å². The number of alkyl halides is 2. The van der Waals surface area contributed by atoms with Gasteiger partial charge in [0.25, 0.3) is 0 Å². The van der Waals surface area contributed by atoms with E-state index in [9.17, 15) is 0 Å². The van der Waals surface area contributed by atoms with Crippen molar-refractivity contribution in [2.24, 2.45) is 0 Å². The van der Waals surface area contributed by atoms with Gasteiger partial charge in [-0.2, -0.15) is 0 Å². The van der Waals surface area contributed by atoms with E-state index in [1.165, 1.54) is 19.4 Å². The number of halogens is 2. The topological polar surface area (TPSA) is 3.24 Å². The molecule has 1 nitrogen and oxygen atoms in total. The summed E-state index contributed by atoms with van der Waals surface area (Å²) in [6, 6.07) is 0. The van der Waals surface area contributed by atoms with E-state index in [-0.39, 0.29) is 0 Å². The van der Waals surface area contributed by atoms with Crippen LogP contribution < -0.4 is 0 Å². The van der Waals surface area contributed by atoms with Crippen LogP contribution in [0.15, 0.2) is 0 Å². The lowest BCUT2D eigenvalue weighted by Gasteiger charge is -2.12. The summed E-state index contributed by atoms with van der Waals surface area (Å²) in [5.74, 6) is 0.750. The van der Waals surface area contributed by atoms with Gasteiger partial charge >= 0.3 is 0 Å². The van der Waals surface area contributed by atoms with Crippen LogP contribution in [-0.2, 0) is 0 Å². The average Bonchev–Trinajstić information content (AvgIpc) is 2.05. The van der Waals surface area contributed by atoms with Crippen LogP contribution >= 0.6 is 34.2 Å². The molecule has 3 heteroatoms. The highest BCUT2D eigenvalue weighted by Gasteiger charge is 1.93. The Kier molecular flexibility index (Phi) is 17.9. The first-order chi connectivity index (χ1) is 5.31. The Hall–Kier alpha value is 0.980. The number of hydrogen-bond donors (Lipinski definition) is 0. The molecule has 11 heavy (non-hydrogen) atoms. The fraction of sp³-hybridized carbons (Fsp3) is 1.00. The van der Waals surface area contributed by atoms with Gasteiger partial charge in [-0.25, -0.2) is 0 Å². The summed E-state index contributed by atoms with van der Waals surface area (Å²) in [7, 11) is 2.11. The van der Waals surface area contributed by atoms with Crippen molar-refractivity contribution in [2.75, 3.05) is 30.9 Å². The van der Waals surface area contributed by atoms with Gasteiger partial charge in [0.1, 0.15) is 0 Å². The molecule has 0 aromatic heterocycles. The lowest BCUT2D eigenvalue weighted by Crippen LogP contribution is -2.21. The molecule has 0 rings (SSSR count). The quantitative estimate of drug-likeness (QED) is 0.556. The Labute approximate surface area is 89.6 Å². The summed E-state index contributed by atoms with van der Waals surface area (Å²) in [6.45, 7) is 4.40. The monoisotopic (exact) mass is 291 g/mol. The Morgan fingerprint density at radius 3 is 2.18 bits per heavy atom. The van der Waals surface area contributed by atoms with Crippen molar-refractivity contribution in [3.63, 3.8) is 0 Å². The highest BCUT2D eigenvalue weighted by Crippen LogP contribution is 1.91. The van der Waals surface area contributed by atoms with Crippen molar-refractivity contribution in [3.05, 3.63) is 0 Å². The van der Waals surface area contributed by atoms with Gasteiger partial charge in [0.15, 0.2) is 0 Å². The zero-order chi connectivity index (χ0) is 9.11. The fourth-order valence-corrected chi connectivity index (χ4v) is 0.973. The number of nitrogens with zero attached hydrogens (tertiary/aromatic N) is 1. The maximum Gasteiger partial charge on any atom is 0.0351 e. The van der Waals surface area contributed by atoms with Gasteiger partial charge in [-0.15, -0.1) is 11.6 Å². The smallest absolute Gasteiger partial charge is 0.0351 e. The van der Waals surface area contributed by atoms with E-state index < -0.39 is 0 Å². The molecule has 0 aromatic carbocycles. The molecule has 0 aliphatic rings. The van der Waals surface area contributed by atoms with Crippen LogP contribution in [0, 0.1) is 0 Å². The molecule has 0 N–H and O–H groups in total. The third-order valence-corrected chi connectivity index (χ3v) is 1.53. The number of unbranched alkanes of at least 4 members (excludes halogenated alkanes) is 1. The molecule has 0 heterocycles. The summed E-state index contributed by atoms with van der Waals surface area (Å²) in [4.78, 5) is 4.23. The molecule has 0 amide bonds. The van der Waals surface area contributed by atoms with Gasteiger partial charge < -0.3 is 4.90 Å². The van der Waals surface area contributed by atoms with Crippen LogP contribution in [0.2, 0.25) is 0 Å². The van der Waals surface area contributed by atoms with Crippen LogP contribution in [0.25, 0.3) is 0 Å². The Morgan fingerprint density at radius 2 is 1.82 bits per heavy atom. The first-order valence-corrected chi connectivity index (χ1v) is 6.62. The summed E-state index contributed by atoms with van der Waals surface area (Å²) < 4.78 is 0. The zero-order valence-corrected chi connectivity index (χ0v) is 10.7. The van der Waals surface area contributed by atoms with Crippen molar-refractivity contribution in [1.82, 2.24) is 4.90 Å². The molecule has 0 spiro atoms. The van der Waals surface area contributed by atoms with Crippen LogP contribution in [0.4, 0.5) is 0 Å². The average molecular weight is 292 g/mol. The highest BCUT2D eigenvalue weighted by molar-refractivity contribution is 14.1. The minimum Gasteiger partial charge on any atom is -0.305 e. The first-order valence-electron chi connectivity index (χ1n) is 3.93. The van der Waals surface area contributed by atoms with Gasteiger partial charge in [0, 0.05) is 12.4 Å². The van der Waals surface area contributed by atoms with E-state index >= 15 is 0 Å². The molecule has 0 aliphatic carbocycles. The normalized spacial score (nSPS) is 9.27. The molecule has 0 saturated carbocycles. The predicted molar refractivity (Wildman–Crippen MR) is 63.1 cm³/mol. The first kappa shape index (κ1) is 14.5. The molecule has 0 saturated heterocycles. The summed E-state index contributed by atoms with van der Waals surface area (Å²) in [6.07, 6.45) is 2.56. The minimum absolute atomic E-state index is 0.750. The van der Waals surface area contributed by atoms with Crippen LogP contribution in [-0.4, -0.2) is 35.8 Å². The molecule has 0 aliphatic heterocycles. The fourth-order valence-electron chi connectivity index (χ4n) is 0.684. The van der Waals surface area contributed by atoms with Crippen molar-refractivity contribution in [1.29, 1.82) is 0 Å². The van der Waals surface area contributed by atoms with Crippen LogP contribution in [0.5, 0.6) is 0 Å². The SMILES string of the molecule is CCCCN(C)CCCl.CI. The Bertz CT molecular complexity index is 62.1. The molecular weight excluding hydrogens is 272 g/mol. The number of hydrogen-bond acceptors (Lipinski definition) is 1. The second-order valence-electron chi connectivity index (χ2n) is 2.35. The largest absolute Gasteiger partial charge is 0.305 e. The van der Waals surface area contributed by atoms with E-state index in [2.05, 4.69) is 41.5 Å². The van der Waals surface area contributed by atoms with Gasteiger partial charge in [-0.05, 0) is 24.9 Å². The van der Waals surface area contributed by atoms with E-state index in [4.69, 9.17) is 11.6 Å². The van der Waals surface area contributed by atoms with E-state index in [1.54, 1.807) is 0 Å². The predicted octanol–water partition coefficient (Wildman–Crippen LogP) is 3.01. The van der Waals surface area contributed by atoms with Crippen molar-refractivity contribution in [3.8, 4) is 0 Å². The third-order valence-electron chi connectivity index (χ3n) is 1.36. The van der Waals surface area contributed by atoms with Crippen molar-refractivity contribution < 1.29 is 0 Å². The maximum absolute atomic E-state index is 5.53. The zero-order valence-electron chi connectivity index (χ0n) is 7.74.